The molecular weight excluding hydrogens is 481 g/mol. The number of alkyl halides is 3. The molecule has 3 rings (SSSR count). The smallest absolute Gasteiger partial charge is 0.488 e. The molecule has 8 nitrogen and oxygen atoms in total. The Morgan fingerprint density at radius 2 is 1.94 bits per heavy atom. The van der Waals surface area contributed by atoms with E-state index in [0.29, 0.717) is 37.2 Å². The van der Waals surface area contributed by atoms with Gasteiger partial charge in [-0.2, -0.15) is 0 Å². The van der Waals surface area contributed by atoms with E-state index in [0.717, 1.165) is 6.42 Å². The van der Waals surface area contributed by atoms with E-state index >= 15 is 0 Å². The van der Waals surface area contributed by atoms with Gasteiger partial charge in [0.2, 0.25) is 0 Å². The lowest BCUT2D eigenvalue weighted by Gasteiger charge is -2.37. The zero-order valence-corrected chi connectivity index (χ0v) is 20.1. The van der Waals surface area contributed by atoms with Gasteiger partial charge in [0, 0.05) is 18.7 Å². The largest absolute Gasteiger partial charge is 0.573 e. The Balaban J connectivity index is 1.68. The first-order valence-electron chi connectivity index (χ1n) is 11.6. The highest BCUT2D eigenvalue weighted by atomic mass is 19.4. The molecule has 1 heterocycles. The van der Waals surface area contributed by atoms with Crippen LogP contribution in [0.15, 0.2) is 36.5 Å². The molecule has 36 heavy (non-hydrogen) atoms. The minimum Gasteiger partial charge on any atom is -0.488 e. The number of rotatable bonds is 10. The van der Waals surface area contributed by atoms with Crippen LogP contribution < -0.4 is 19.5 Å². The normalized spacial score (nSPS) is 19.9. The highest BCUT2D eigenvalue weighted by Crippen LogP contribution is 2.34. The Morgan fingerprint density at radius 1 is 1.22 bits per heavy atom. The second-order valence-electron chi connectivity index (χ2n) is 8.72. The number of hydrogen-bond acceptors (Lipinski definition) is 6. The van der Waals surface area contributed by atoms with Crippen molar-refractivity contribution >= 4 is 11.9 Å². The van der Waals surface area contributed by atoms with Crippen molar-refractivity contribution in [3.63, 3.8) is 0 Å². The molecule has 0 saturated heterocycles. The van der Waals surface area contributed by atoms with Gasteiger partial charge < -0.3 is 24.6 Å². The maximum Gasteiger partial charge on any atom is 0.573 e. The summed E-state index contributed by atoms with van der Waals surface area (Å²) in [6.45, 7) is 2.12. The van der Waals surface area contributed by atoms with E-state index in [1.165, 1.54) is 37.6 Å². The molecule has 1 fully saturated rings. The van der Waals surface area contributed by atoms with E-state index in [1.807, 2.05) is 0 Å². The number of carboxylic acid groups (broad SMARTS) is 1. The number of hydrogen-bond donors (Lipinski definition) is 2. The third-order valence-corrected chi connectivity index (χ3v) is 6.35. The molecule has 0 spiro atoms. The summed E-state index contributed by atoms with van der Waals surface area (Å²) in [5, 5.41) is 12.5. The zero-order chi connectivity index (χ0) is 26.3. The predicted octanol–water partition coefficient (Wildman–Crippen LogP) is 4.76. The number of aromatic nitrogens is 1. The number of nitrogens with zero attached hydrogens (tertiary/aromatic N) is 1. The number of methoxy groups -OCH3 is 1. The maximum atomic E-state index is 13.0. The van der Waals surface area contributed by atoms with Crippen LogP contribution in [0.5, 0.6) is 17.4 Å². The molecule has 0 aliphatic heterocycles. The number of carbonyl (C=O) groups is 2. The van der Waals surface area contributed by atoms with Crippen LogP contribution in [-0.2, 0) is 11.2 Å². The zero-order valence-electron chi connectivity index (χ0n) is 20.1. The molecule has 0 atom stereocenters. The summed E-state index contributed by atoms with van der Waals surface area (Å²) >= 11 is 0. The second kappa shape index (κ2) is 11.5. The number of pyridine rings is 1. The Morgan fingerprint density at radius 3 is 2.56 bits per heavy atom. The fourth-order valence-corrected chi connectivity index (χ4v) is 4.25. The van der Waals surface area contributed by atoms with Gasteiger partial charge in [-0.3, -0.25) is 4.79 Å². The van der Waals surface area contributed by atoms with Crippen molar-refractivity contribution in [1.29, 1.82) is 0 Å². The summed E-state index contributed by atoms with van der Waals surface area (Å²) in [4.78, 5) is 29.1. The van der Waals surface area contributed by atoms with Crippen LogP contribution in [0.4, 0.5) is 13.2 Å². The molecule has 1 aliphatic rings. The summed E-state index contributed by atoms with van der Waals surface area (Å²) in [5.74, 6) is -1.30. The quantitative estimate of drug-likeness (QED) is 0.474. The lowest BCUT2D eigenvalue weighted by Crippen LogP contribution is -2.56. The van der Waals surface area contributed by atoms with E-state index in [9.17, 15) is 27.9 Å². The molecule has 196 valence electrons. The number of carbonyl (C=O) groups excluding carboxylic acids is 1. The average molecular weight is 511 g/mol. The van der Waals surface area contributed by atoms with E-state index in [2.05, 4.69) is 22.0 Å². The molecule has 0 radical (unpaired) electrons. The molecule has 2 N–H and O–H groups in total. The van der Waals surface area contributed by atoms with E-state index < -0.39 is 23.8 Å². The molecule has 1 saturated carbocycles. The number of aliphatic carboxylic acids is 1. The summed E-state index contributed by atoms with van der Waals surface area (Å²) in [7, 11) is 1.37. The van der Waals surface area contributed by atoms with Gasteiger partial charge >= 0.3 is 12.3 Å². The van der Waals surface area contributed by atoms with Gasteiger partial charge in [-0.05, 0) is 49.3 Å². The van der Waals surface area contributed by atoms with Crippen molar-refractivity contribution in [2.75, 3.05) is 13.7 Å². The monoisotopic (exact) mass is 510 g/mol. The van der Waals surface area contributed by atoms with Gasteiger partial charge in [0.15, 0.2) is 5.75 Å². The molecule has 0 bridgehead atoms. The predicted molar refractivity (Wildman–Crippen MR) is 123 cm³/mol. The van der Waals surface area contributed by atoms with Crippen LogP contribution in [-0.4, -0.2) is 47.6 Å². The van der Waals surface area contributed by atoms with E-state index in [1.54, 1.807) is 6.07 Å². The van der Waals surface area contributed by atoms with Crippen LogP contribution in [0.1, 0.15) is 54.9 Å². The van der Waals surface area contributed by atoms with Crippen LogP contribution in [0, 0.1) is 5.92 Å². The molecular formula is C25H29F3N2O6. The van der Waals surface area contributed by atoms with Crippen LogP contribution >= 0.6 is 0 Å². The third kappa shape index (κ3) is 7.02. The minimum absolute atomic E-state index is 0.0516. The standard InChI is InChI=1S/C25H29F3N2O6/c1-3-16-7-10-24(11-8-16,23(32)33)30-21(31)18-14-20(22(34-2)29-15-18)35-12-9-17-5-4-6-19(13-17)36-25(26,27)28/h4-6,13-16H,3,7-12H2,1-2H3,(H,30,31)(H,32,33)/t16-,24-. The fraction of sp³-hybridized carbons (Fsp3) is 0.480. The number of benzene rings is 1. The summed E-state index contributed by atoms with van der Waals surface area (Å²) in [6.07, 6.45) is -0.189. The molecule has 1 aromatic carbocycles. The first-order valence-corrected chi connectivity index (χ1v) is 11.6. The number of carboxylic acids is 1. The van der Waals surface area contributed by atoms with Crippen molar-refractivity contribution in [3.05, 3.63) is 47.7 Å². The Bertz CT molecular complexity index is 1070. The van der Waals surface area contributed by atoms with Gasteiger partial charge in [-0.15, -0.1) is 13.2 Å². The molecule has 1 amide bonds. The van der Waals surface area contributed by atoms with Crippen molar-refractivity contribution in [3.8, 4) is 17.4 Å². The highest BCUT2D eigenvalue weighted by molar-refractivity contribution is 5.98. The Hall–Kier alpha value is -3.50. The van der Waals surface area contributed by atoms with Crippen LogP contribution in [0.25, 0.3) is 0 Å². The molecule has 1 aliphatic carbocycles. The van der Waals surface area contributed by atoms with Gasteiger partial charge in [0.05, 0.1) is 19.3 Å². The first-order chi connectivity index (χ1) is 17.0. The maximum absolute atomic E-state index is 13.0. The van der Waals surface area contributed by atoms with Gasteiger partial charge in [-0.1, -0.05) is 25.5 Å². The Kier molecular flexibility index (Phi) is 8.65. The fourth-order valence-electron chi connectivity index (χ4n) is 4.25. The Labute approximate surface area is 206 Å². The average Bonchev–Trinajstić information content (AvgIpc) is 2.83. The number of amides is 1. The van der Waals surface area contributed by atoms with Crippen molar-refractivity contribution < 1.29 is 42.1 Å². The molecule has 0 unspecified atom stereocenters. The van der Waals surface area contributed by atoms with Crippen molar-refractivity contribution in [2.24, 2.45) is 5.92 Å². The van der Waals surface area contributed by atoms with Crippen LogP contribution in [0.2, 0.25) is 0 Å². The number of halogens is 3. The SMILES string of the molecule is CC[C@H]1CC[C@@](NC(=O)c2cnc(OC)c(OCCc3cccc(OC(F)(F)F)c3)c2)(C(=O)O)CC1. The second-order valence-corrected chi connectivity index (χ2v) is 8.72. The highest BCUT2D eigenvalue weighted by Gasteiger charge is 2.43. The molecule has 11 heteroatoms. The van der Waals surface area contributed by atoms with Gasteiger partial charge in [-0.25, -0.2) is 9.78 Å². The van der Waals surface area contributed by atoms with Gasteiger partial charge in [0.25, 0.3) is 11.8 Å². The molecule has 1 aromatic heterocycles. The number of nitrogens with one attached hydrogen (secondary N) is 1. The lowest BCUT2D eigenvalue weighted by molar-refractivity contribution is -0.274. The third-order valence-electron chi connectivity index (χ3n) is 6.35. The van der Waals surface area contributed by atoms with Crippen molar-refractivity contribution in [1.82, 2.24) is 10.3 Å². The summed E-state index contributed by atoms with van der Waals surface area (Å²) in [6, 6.07) is 6.93. The topological polar surface area (TPSA) is 107 Å². The van der Waals surface area contributed by atoms with Crippen LogP contribution in [0.3, 0.4) is 0 Å². The summed E-state index contributed by atoms with van der Waals surface area (Å²) < 4.78 is 52.2. The number of ether oxygens (including phenoxy) is 3. The lowest BCUT2D eigenvalue weighted by atomic mass is 9.75. The van der Waals surface area contributed by atoms with E-state index in [4.69, 9.17) is 9.47 Å². The molecule has 2 aromatic rings. The minimum atomic E-state index is -4.79. The van der Waals surface area contributed by atoms with Crippen molar-refractivity contribution in [2.45, 2.75) is 57.3 Å². The first kappa shape index (κ1) is 27.1. The summed E-state index contributed by atoms with van der Waals surface area (Å²) in [5.41, 5.74) is -0.694. The van der Waals surface area contributed by atoms with Gasteiger partial charge in [0.1, 0.15) is 11.3 Å². The van der Waals surface area contributed by atoms with E-state index in [-0.39, 0.29) is 36.0 Å².